The summed E-state index contributed by atoms with van der Waals surface area (Å²) < 4.78 is 10.3. The molecule has 32 heavy (non-hydrogen) atoms. The highest BCUT2D eigenvalue weighted by molar-refractivity contribution is 7.98. The van der Waals surface area contributed by atoms with Crippen LogP contribution in [-0.4, -0.2) is 34.7 Å². The Labute approximate surface area is 187 Å². The second-order valence-electron chi connectivity index (χ2n) is 7.12. The van der Waals surface area contributed by atoms with E-state index in [9.17, 15) is 4.79 Å². The van der Waals surface area contributed by atoms with E-state index in [2.05, 4.69) is 20.7 Å². The van der Waals surface area contributed by atoms with Gasteiger partial charge in [0, 0.05) is 24.4 Å². The molecule has 0 radical (unpaired) electrons. The highest BCUT2D eigenvalue weighted by atomic mass is 32.2. The van der Waals surface area contributed by atoms with Crippen LogP contribution in [0, 0.1) is 6.92 Å². The lowest BCUT2D eigenvalue weighted by Crippen LogP contribution is -2.22. The Morgan fingerprint density at radius 2 is 1.75 bits per heavy atom. The van der Waals surface area contributed by atoms with E-state index in [1.807, 2.05) is 80.7 Å². The highest BCUT2D eigenvalue weighted by Crippen LogP contribution is 2.26. The summed E-state index contributed by atoms with van der Waals surface area (Å²) in [7, 11) is 1.84. The summed E-state index contributed by atoms with van der Waals surface area (Å²) >= 11 is 1.39. The number of hydrogen-bond donors (Lipinski definition) is 0. The van der Waals surface area contributed by atoms with Gasteiger partial charge in [0.1, 0.15) is 0 Å². The molecule has 0 aliphatic carbocycles. The van der Waals surface area contributed by atoms with Gasteiger partial charge in [0.05, 0.1) is 17.1 Å². The second kappa shape index (κ2) is 8.31. The van der Waals surface area contributed by atoms with Crippen molar-refractivity contribution < 1.29 is 4.52 Å². The minimum absolute atomic E-state index is 0.196. The van der Waals surface area contributed by atoms with Crippen LogP contribution in [0.2, 0.25) is 0 Å². The molecule has 2 aromatic carbocycles. The fraction of sp³-hybridized carbons (Fsp3) is 0.136. The lowest BCUT2D eigenvalue weighted by Gasteiger charge is -2.07. The van der Waals surface area contributed by atoms with Gasteiger partial charge in [-0.2, -0.15) is 4.68 Å². The Hall–Kier alpha value is -3.92. The Morgan fingerprint density at radius 3 is 2.50 bits per heavy atom. The lowest BCUT2D eigenvalue weighted by molar-refractivity contribution is 0.426. The van der Waals surface area contributed by atoms with Crippen molar-refractivity contribution in [3.05, 3.63) is 88.5 Å². The van der Waals surface area contributed by atoms with Gasteiger partial charge in [0.2, 0.25) is 5.16 Å². The van der Waals surface area contributed by atoms with Crippen LogP contribution in [0.5, 0.6) is 0 Å². The normalized spacial score (nSPS) is 11.2. The van der Waals surface area contributed by atoms with Gasteiger partial charge in [-0.05, 0) is 29.5 Å². The maximum absolute atomic E-state index is 13.3. The summed E-state index contributed by atoms with van der Waals surface area (Å²) in [6.45, 7) is 1.87. The van der Waals surface area contributed by atoms with E-state index >= 15 is 0 Å². The van der Waals surface area contributed by atoms with Crippen LogP contribution in [-0.2, 0) is 12.8 Å². The zero-order chi connectivity index (χ0) is 22.1. The molecule has 5 aromatic rings. The number of nitrogens with zero attached hydrogens (tertiary/aromatic N) is 7. The molecular formula is C22H19N7O2S. The molecule has 0 fully saturated rings. The molecule has 3 aromatic heterocycles. The van der Waals surface area contributed by atoms with Crippen LogP contribution in [0.25, 0.3) is 22.7 Å². The molecule has 0 saturated carbocycles. The average Bonchev–Trinajstić information content (AvgIpc) is 3.53. The van der Waals surface area contributed by atoms with Crippen molar-refractivity contribution in [2.45, 2.75) is 17.8 Å². The van der Waals surface area contributed by atoms with Crippen molar-refractivity contribution in [3.63, 3.8) is 0 Å². The van der Waals surface area contributed by atoms with Crippen LogP contribution >= 0.6 is 11.8 Å². The van der Waals surface area contributed by atoms with E-state index in [-0.39, 0.29) is 5.56 Å². The van der Waals surface area contributed by atoms with Crippen molar-refractivity contribution in [2.75, 3.05) is 0 Å². The third-order valence-corrected chi connectivity index (χ3v) is 6.10. The largest absolute Gasteiger partial charge is 0.356 e. The van der Waals surface area contributed by atoms with E-state index in [0.29, 0.717) is 22.4 Å². The zero-order valence-electron chi connectivity index (χ0n) is 17.4. The van der Waals surface area contributed by atoms with Crippen LogP contribution in [0.15, 0.2) is 81.2 Å². The molecule has 0 aliphatic rings. The van der Waals surface area contributed by atoms with E-state index in [0.717, 1.165) is 22.6 Å². The first kappa shape index (κ1) is 20.0. The van der Waals surface area contributed by atoms with Crippen LogP contribution in [0.1, 0.15) is 11.4 Å². The summed E-state index contributed by atoms with van der Waals surface area (Å²) in [5.41, 5.74) is 3.46. The quantitative estimate of drug-likeness (QED) is 0.370. The molecule has 10 heteroatoms. The van der Waals surface area contributed by atoms with Crippen molar-refractivity contribution in [1.82, 2.24) is 34.7 Å². The fourth-order valence-electron chi connectivity index (χ4n) is 3.46. The van der Waals surface area contributed by atoms with E-state index in [4.69, 9.17) is 4.52 Å². The van der Waals surface area contributed by atoms with Crippen molar-refractivity contribution in [1.29, 1.82) is 0 Å². The van der Waals surface area contributed by atoms with Gasteiger partial charge < -0.3 is 4.52 Å². The summed E-state index contributed by atoms with van der Waals surface area (Å²) in [6, 6.07) is 21.1. The molecule has 0 atom stereocenters. The molecule has 0 N–H and O–H groups in total. The maximum Gasteiger partial charge on any atom is 0.297 e. The van der Waals surface area contributed by atoms with Gasteiger partial charge in [-0.25, -0.2) is 4.68 Å². The summed E-state index contributed by atoms with van der Waals surface area (Å²) in [5.74, 6) is 1.19. The summed E-state index contributed by atoms with van der Waals surface area (Å²) in [6.07, 6.45) is 0. The molecule has 0 spiro atoms. The van der Waals surface area contributed by atoms with Gasteiger partial charge >= 0.3 is 0 Å². The monoisotopic (exact) mass is 445 g/mol. The van der Waals surface area contributed by atoms with Gasteiger partial charge in [0.25, 0.3) is 5.56 Å². The molecule has 160 valence electrons. The van der Waals surface area contributed by atoms with Crippen LogP contribution in [0.4, 0.5) is 0 Å². The molecule has 5 rings (SSSR count). The molecule has 3 heterocycles. The van der Waals surface area contributed by atoms with Crippen LogP contribution < -0.4 is 5.56 Å². The van der Waals surface area contributed by atoms with E-state index < -0.39 is 0 Å². The van der Waals surface area contributed by atoms with Gasteiger partial charge in [-0.3, -0.25) is 9.48 Å². The maximum atomic E-state index is 13.3. The molecular weight excluding hydrogens is 426 g/mol. The predicted octanol–water partition coefficient (Wildman–Crippen LogP) is 3.41. The number of para-hydroxylation sites is 1. The number of rotatable bonds is 6. The van der Waals surface area contributed by atoms with Crippen molar-refractivity contribution in [3.8, 4) is 22.7 Å². The Balaban J connectivity index is 1.43. The number of benzene rings is 2. The first-order valence-electron chi connectivity index (χ1n) is 9.90. The van der Waals surface area contributed by atoms with Crippen molar-refractivity contribution in [2.24, 2.45) is 7.05 Å². The zero-order valence-corrected chi connectivity index (χ0v) is 18.2. The Morgan fingerprint density at radius 1 is 1.03 bits per heavy atom. The summed E-state index contributed by atoms with van der Waals surface area (Å²) in [5, 5.41) is 16.6. The van der Waals surface area contributed by atoms with Crippen molar-refractivity contribution >= 4 is 11.8 Å². The predicted molar refractivity (Wildman–Crippen MR) is 120 cm³/mol. The average molecular weight is 446 g/mol. The molecule has 0 aliphatic heterocycles. The number of aromatic nitrogens is 7. The third-order valence-electron chi connectivity index (χ3n) is 5.14. The number of thioether (sulfide) groups is 1. The van der Waals surface area contributed by atoms with E-state index in [1.165, 1.54) is 16.4 Å². The van der Waals surface area contributed by atoms with Gasteiger partial charge in [-0.1, -0.05) is 65.4 Å². The number of tetrazole rings is 1. The Bertz CT molecular complexity index is 1420. The highest BCUT2D eigenvalue weighted by Gasteiger charge is 2.22. The first-order valence-corrected chi connectivity index (χ1v) is 10.9. The lowest BCUT2D eigenvalue weighted by atomic mass is 10.2. The Kier molecular flexibility index (Phi) is 5.20. The molecule has 0 bridgehead atoms. The second-order valence-corrected chi connectivity index (χ2v) is 8.06. The van der Waals surface area contributed by atoms with Gasteiger partial charge in [0.15, 0.2) is 11.4 Å². The van der Waals surface area contributed by atoms with Gasteiger partial charge in [-0.15, -0.1) is 5.10 Å². The molecule has 9 nitrogen and oxygen atoms in total. The molecule has 0 saturated heterocycles. The van der Waals surface area contributed by atoms with Crippen LogP contribution in [0.3, 0.4) is 0 Å². The standard InChI is InChI=1S/C22H19N7O2S/c1-15-20(21(30)29(27(15)2)18-11-7-4-8-12-18)28-22(23-25-26-28)32-14-17-13-19(31-24-17)16-9-5-3-6-10-16/h3-13H,14H2,1-2H3. The topological polar surface area (TPSA) is 96.6 Å². The smallest absolute Gasteiger partial charge is 0.297 e. The minimum Gasteiger partial charge on any atom is -0.356 e. The summed E-state index contributed by atoms with van der Waals surface area (Å²) in [4.78, 5) is 13.3. The first-order chi connectivity index (χ1) is 15.6. The molecule has 0 amide bonds. The molecule has 0 unspecified atom stereocenters. The fourth-order valence-corrected chi connectivity index (χ4v) is 4.22. The third kappa shape index (κ3) is 3.54. The SMILES string of the molecule is Cc1c(-n2nnnc2SCc2cc(-c3ccccc3)on2)c(=O)n(-c2ccccc2)n1C. The van der Waals surface area contributed by atoms with E-state index in [1.54, 1.807) is 9.36 Å². The minimum atomic E-state index is -0.196. The number of hydrogen-bond acceptors (Lipinski definition) is 7.